The number of aliphatic hydroxyl groups is 2. The average Bonchev–Trinajstić information content (AvgIpc) is 3.35. The van der Waals surface area contributed by atoms with E-state index in [1.54, 1.807) is 6.26 Å². The molecule has 13 heteroatoms. The minimum absolute atomic E-state index is 0.0612. The van der Waals surface area contributed by atoms with Gasteiger partial charge in [0.1, 0.15) is 12.1 Å². The fraction of sp³-hybridized carbons (Fsp3) is 0.763. The Bertz CT molecular complexity index is 1490. The maximum atomic E-state index is 12.8. The number of rotatable bonds is 15. The normalized spacial score (nSPS) is 34.7. The van der Waals surface area contributed by atoms with Crippen molar-refractivity contribution >= 4 is 23.8 Å². The van der Waals surface area contributed by atoms with E-state index in [0.717, 1.165) is 44.1 Å². The zero-order chi connectivity index (χ0) is 37.0. The molecular formula is C38H58N4O9. The van der Waals surface area contributed by atoms with Crippen LogP contribution in [0.1, 0.15) is 134 Å². The molecule has 0 saturated heterocycles. The van der Waals surface area contributed by atoms with Crippen molar-refractivity contribution in [1.29, 1.82) is 0 Å². The van der Waals surface area contributed by atoms with Crippen LogP contribution in [0.25, 0.3) is 0 Å². The van der Waals surface area contributed by atoms with Gasteiger partial charge in [0.15, 0.2) is 5.96 Å². The molecule has 8 N–H and O–H groups in total. The zero-order valence-corrected chi connectivity index (χ0v) is 30.2. The van der Waals surface area contributed by atoms with Crippen LogP contribution in [0.2, 0.25) is 0 Å². The van der Waals surface area contributed by atoms with Gasteiger partial charge in [0, 0.05) is 37.3 Å². The summed E-state index contributed by atoms with van der Waals surface area (Å²) in [6.07, 6.45) is 11.3. The van der Waals surface area contributed by atoms with Gasteiger partial charge < -0.3 is 41.3 Å². The van der Waals surface area contributed by atoms with Crippen molar-refractivity contribution in [2.45, 2.75) is 152 Å². The molecule has 4 aliphatic carbocycles. The second kappa shape index (κ2) is 15.7. The molecule has 0 spiro atoms. The van der Waals surface area contributed by atoms with Gasteiger partial charge in [-0.15, -0.1) is 0 Å². The summed E-state index contributed by atoms with van der Waals surface area (Å²) in [5.41, 5.74) is 8.56. The number of carbonyl (C=O) groups is 3. The quantitative estimate of drug-likeness (QED) is 0.0661. The van der Waals surface area contributed by atoms with Crippen molar-refractivity contribution in [3.63, 3.8) is 0 Å². The molecule has 0 aliphatic heterocycles. The highest BCUT2D eigenvalue weighted by Crippen LogP contribution is 2.71. The number of nitrogens with two attached hydrogens (primary N) is 2. The summed E-state index contributed by atoms with van der Waals surface area (Å²) in [6, 6.07) is 2.31. The molecule has 9 atom stereocenters. The van der Waals surface area contributed by atoms with Gasteiger partial charge in [-0.1, -0.05) is 26.7 Å². The second-order valence-electron chi connectivity index (χ2n) is 16.2. The van der Waals surface area contributed by atoms with E-state index in [4.69, 9.17) is 20.6 Å². The Hall–Kier alpha value is -3.45. The number of nitrogens with zero attached hydrogens (tertiary/aromatic N) is 1. The Labute approximate surface area is 300 Å². The summed E-state index contributed by atoms with van der Waals surface area (Å²) < 4.78 is 11.1. The molecule has 1 amide bonds. The standard InChI is InChI=1S/C38H58N4O9/c1-35-17-13-25(51-32(45)10-6-4-3-5-9-30(43)42-29(33(46)47)8-7-21-41-34(39)40)22-37(35,48)19-15-28-27(35)14-18-36(2)26(16-20-38(28,36)49)24-11-12-31(44)50-23-24/h11-12,23,25-29,48-49H,3-10,13-22H2,1-2H3,(H,42,43)(H,46,47)(H4,39,40,41)/t25-,26+,27-,28+,29-,35+,36+,37-,38-/m0/s1. The molecule has 4 saturated carbocycles. The van der Waals surface area contributed by atoms with Gasteiger partial charge in [0.05, 0.1) is 17.5 Å². The first kappa shape index (κ1) is 38.8. The largest absolute Gasteiger partial charge is 0.480 e. The Morgan fingerprint density at radius 2 is 1.65 bits per heavy atom. The number of ether oxygens (including phenoxy) is 1. The van der Waals surface area contributed by atoms with E-state index in [0.29, 0.717) is 57.9 Å². The number of aliphatic imine (C=N–C) groups is 1. The Balaban J connectivity index is 1.05. The van der Waals surface area contributed by atoms with Gasteiger partial charge >= 0.3 is 17.6 Å². The van der Waals surface area contributed by atoms with Crippen LogP contribution >= 0.6 is 0 Å². The predicted molar refractivity (Wildman–Crippen MR) is 189 cm³/mol. The number of guanidine groups is 1. The molecule has 13 nitrogen and oxygen atoms in total. The van der Waals surface area contributed by atoms with Crippen molar-refractivity contribution in [1.82, 2.24) is 5.32 Å². The van der Waals surface area contributed by atoms with Crippen molar-refractivity contribution in [2.75, 3.05) is 6.54 Å². The highest BCUT2D eigenvalue weighted by atomic mass is 16.5. The number of esters is 1. The van der Waals surface area contributed by atoms with E-state index < -0.39 is 28.6 Å². The fourth-order valence-corrected chi connectivity index (χ4v) is 10.6. The highest BCUT2D eigenvalue weighted by molar-refractivity contribution is 5.83. The van der Waals surface area contributed by atoms with Gasteiger partial charge in [-0.25, -0.2) is 9.59 Å². The lowest BCUT2D eigenvalue weighted by Crippen LogP contribution is -2.67. The number of unbranched alkanes of at least 4 members (excludes halogenated alkanes) is 3. The third kappa shape index (κ3) is 7.99. The van der Waals surface area contributed by atoms with Crippen molar-refractivity contribution < 1.29 is 38.9 Å². The first-order valence-electron chi connectivity index (χ1n) is 18.9. The summed E-state index contributed by atoms with van der Waals surface area (Å²) in [4.78, 5) is 52.0. The molecule has 1 heterocycles. The number of fused-ring (bicyclic) bond motifs is 5. The number of amides is 1. The molecule has 1 aromatic rings. The smallest absolute Gasteiger partial charge is 0.335 e. The monoisotopic (exact) mass is 714 g/mol. The van der Waals surface area contributed by atoms with Gasteiger partial charge in [-0.3, -0.25) is 14.6 Å². The number of hydrogen-bond acceptors (Lipinski definition) is 9. The van der Waals surface area contributed by atoms with Crippen LogP contribution < -0.4 is 22.4 Å². The molecule has 0 radical (unpaired) electrons. The number of nitrogens with one attached hydrogen (secondary N) is 1. The van der Waals surface area contributed by atoms with Gasteiger partial charge in [0.25, 0.3) is 0 Å². The zero-order valence-electron chi connectivity index (χ0n) is 30.2. The number of carboxylic acids is 1. The number of aliphatic carboxylic acids is 1. The number of carboxylic acid groups (broad SMARTS) is 1. The topological polar surface area (TPSA) is 228 Å². The molecule has 0 aromatic carbocycles. The number of hydrogen-bond donors (Lipinski definition) is 6. The van der Waals surface area contributed by atoms with E-state index in [1.165, 1.54) is 6.07 Å². The Kier molecular flexibility index (Phi) is 11.9. The molecule has 5 rings (SSSR count). The second-order valence-corrected chi connectivity index (χ2v) is 16.2. The van der Waals surface area contributed by atoms with Crippen LogP contribution in [0.3, 0.4) is 0 Å². The first-order valence-corrected chi connectivity index (χ1v) is 18.9. The molecule has 0 bridgehead atoms. The summed E-state index contributed by atoms with van der Waals surface area (Å²) >= 11 is 0. The lowest BCUT2D eigenvalue weighted by atomic mass is 9.42. The minimum atomic E-state index is -1.10. The summed E-state index contributed by atoms with van der Waals surface area (Å²) in [7, 11) is 0. The van der Waals surface area contributed by atoms with Crippen LogP contribution in [-0.4, -0.2) is 69.0 Å². The van der Waals surface area contributed by atoms with Crippen LogP contribution in [0, 0.1) is 22.7 Å². The lowest BCUT2D eigenvalue weighted by molar-refractivity contribution is -0.255. The molecule has 284 valence electrons. The van der Waals surface area contributed by atoms with Gasteiger partial charge in [-0.05, 0) is 112 Å². The van der Waals surface area contributed by atoms with Gasteiger partial charge in [-0.2, -0.15) is 0 Å². The van der Waals surface area contributed by atoms with E-state index in [1.807, 2.05) is 6.07 Å². The molecule has 4 aliphatic rings. The summed E-state index contributed by atoms with van der Waals surface area (Å²) in [6.45, 7) is 4.67. The van der Waals surface area contributed by atoms with E-state index >= 15 is 0 Å². The molecular weight excluding hydrogens is 656 g/mol. The van der Waals surface area contributed by atoms with Crippen molar-refractivity contribution in [3.8, 4) is 0 Å². The Morgan fingerprint density at radius 3 is 2.33 bits per heavy atom. The average molecular weight is 715 g/mol. The first-order chi connectivity index (χ1) is 24.1. The van der Waals surface area contributed by atoms with Crippen LogP contribution in [0.4, 0.5) is 0 Å². The van der Waals surface area contributed by atoms with E-state index in [-0.39, 0.29) is 72.0 Å². The third-order valence-corrected chi connectivity index (χ3v) is 13.5. The van der Waals surface area contributed by atoms with Crippen LogP contribution in [0.15, 0.2) is 32.6 Å². The Morgan fingerprint density at radius 1 is 0.941 bits per heavy atom. The fourth-order valence-electron chi connectivity index (χ4n) is 10.6. The lowest BCUT2D eigenvalue weighted by Gasteiger charge is -2.66. The number of carbonyl (C=O) groups excluding carboxylic acids is 2. The van der Waals surface area contributed by atoms with Crippen molar-refractivity contribution in [3.05, 3.63) is 34.4 Å². The maximum absolute atomic E-state index is 12.8. The molecule has 4 fully saturated rings. The maximum Gasteiger partial charge on any atom is 0.335 e. The third-order valence-electron chi connectivity index (χ3n) is 13.5. The molecule has 51 heavy (non-hydrogen) atoms. The van der Waals surface area contributed by atoms with Crippen molar-refractivity contribution in [2.24, 2.45) is 39.1 Å². The molecule has 0 unspecified atom stereocenters. The SMILES string of the molecule is C[C@]12CC[C@H](OC(=O)CCCCCCC(=O)N[C@@H](CCCN=C(N)N)C(=O)O)C[C@@]1(O)CC[C@@H]1[C@@H]2CC[C@]2(C)[C@@H](c3ccc(=O)oc3)CC[C@]12O. The minimum Gasteiger partial charge on any atom is -0.480 e. The van der Waals surface area contributed by atoms with Crippen LogP contribution in [0.5, 0.6) is 0 Å². The van der Waals surface area contributed by atoms with Crippen LogP contribution in [-0.2, 0) is 19.1 Å². The molecule has 1 aromatic heterocycles. The summed E-state index contributed by atoms with van der Waals surface area (Å²) in [5, 5.41) is 36.6. The predicted octanol–water partition coefficient (Wildman–Crippen LogP) is 3.87. The van der Waals surface area contributed by atoms with E-state index in [9.17, 15) is 34.5 Å². The highest BCUT2D eigenvalue weighted by Gasteiger charge is 2.70. The van der Waals surface area contributed by atoms with Gasteiger partial charge in [0.2, 0.25) is 5.91 Å². The van der Waals surface area contributed by atoms with E-state index in [2.05, 4.69) is 24.2 Å². The summed E-state index contributed by atoms with van der Waals surface area (Å²) in [5.74, 6) is -1.44.